The lowest BCUT2D eigenvalue weighted by atomic mass is 10.2. The third-order valence-electron chi connectivity index (χ3n) is 4.43. The van der Waals surface area contributed by atoms with E-state index in [0.717, 1.165) is 22.6 Å². The lowest BCUT2D eigenvalue weighted by molar-refractivity contribution is 0.240. The lowest BCUT2D eigenvalue weighted by Gasteiger charge is -2.14. The van der Waals surface area contributed by atoms with Crippen LogP contribution in [0, 0.1) is 4.84 Å². The molecule has 2 heterocycles. The largest absolute Gasteiger partial charge is 0.497 e. The minimum atomic E-state index is 0.336. The van der Waals surface area contributed by atoms with Crippen molar-refractivity contribution in [1.29, 1.82) is 0 Å². The van der Waals surface area contributed by atoms with Crippen LogP contribution in [0.3, 0.4) is 0 Å². The first-order chi connectivity index (χ1) is 14.1. The van der Waals surface area contributed by atoms with Crippen molar-refractivity contribution >= 4 is 12.2 Å². The second-order valence-corrected chi connectivity index (χ2v) is 7.03. The molecule has 4 rings (SSSR count). The Morgan fingerprint density at radius 3 is 2.59 bits per heavy atom. The van der Waals surface area contributed by atoms with Gasteiger partial charge in [0.15, 0.2) is 0 Å². The van der Waals surface area contributed by atoms with E-state index in [1.807, 2.05) is 78.7 Å². The van der Waals surface area contributed by atoms with Gasteiger partial charge in [-0.1, -0.05) is 18.2 Å². The van der Waals surface area contributed by atoms with E-state index in [4.69, 9.17) is 21.4 Å². The van der Waals surface area contributed by atoms with Gasteiger partial charge in [-0.15, -0.1) is 5.10 Å². The molecule has 29 heavy (non-hydrogen) atoms. The molecule has 0 amide bonds. The van der Waals surface area contributed by atoms with Crippen LogP contribution in [0.1, 0.15) is 5.56 Å². The highest BCUT2D eigenvalue weighted by molar-refractivity contribution is 7.71. The van der Waals surface area contributed by atoms with Crippen LogP contribution in [0.15, 0.2) is 71.4 Å². The number of para-hydroxylation sites is 1. The van der Waals surface area contributed by atoms with Crippen LogP contribution in [-0.4, -0.2) is 38.6 Å². The molecule has 0 aliphatic carbocycles. The van der Waals surface area contributed by atoms with Crippen molar-refractivity contribution in [2.24, 2.45) is 0 Å². The number of hydrogen-bond acceptors (Lipinski definition) is 6. The van der Waals surface area contributed by atoms with Crippen molar-refractivity contribution in [3.8, 4) is 22.9 Å². The van der Waals surface area contributed by atoms with E-state index in [2.05, 4.69) is 15.1 Å². The van der Waals surface area contributed by atoms with Crippen molar-refractivity contribution in [2.75, 3.05) is 14.2 Å². The highest BCUT2D eigenvalue weighted by Crippen LogP contribution is 2.21. The van der Waals surface area contributed by atoms with E-state index in [1.165, 1.54) is 0 Å². The molecule has 0 atom stereocenters. The molecule has 0 unspecified atom stereocenters. The molecular weight excluding hydrogens is 386 g/mol. The molecule has 0 fully saturated rings. The SMILES string of the molecule is COc1ccc(-c2nn(CN(C)Cc3cnn(-c4ccccc4)c3)c(=S)o2)cc1. The topological polar surface area (TPSA) is 61.2 Å². The van der Waals surface area contributed by atoms with Crippen LogP contribution in [0.4, 0.5) is 0 Å². The average Bonchev–Trinajstić information content (AvgIpc) is 3.35. The van der Waals surface area contributed by atoms with Crippen LogP contribution in [0.5, 0.6) is 5.75 Å². The average molecular weight is 407 g/mol. The molecule has 0 N–H and O–H groups in total. The molecule has 148 valence electrons. The number of hydrogen-bond donors (Lipinski definition) is 0. The number of methoxy groups -OCH3 is 1. The molecular formula is C21H21N5O2S. The van der Waals surface area contributed by atoms with E-state index in [0.29, 0.717) is 23.9 Å². The Balaban J connectivity index is 1.43. The summed E-state index contributed by atoms with van der Waals surface area (Å²) in [6.45, 7) is 1.22. The Morgan fingerprint density at radius 1 is 1.10 bits per heavy atom. The van der Waals surface area contributed by atoms with Crippen molar-refractivity contribution in [3.63, 3.8) is 0 Å². The first-order valence-electron chi connectivity index (χ1n) is 9.12. The van der Waals surface area contributed by atoms with E-state index in [-0.39, 0.29) is 0 Å². The molecule has 0 radical (unpaired) electrons. The van der Waals surface area contributed by atoms with Gasteiger partial charge in [0.05, 0.1) is 25.7 Å². The maximum Gasteiger partial charge on any atom is 0.288 e. The summed E-state index contributed by atoms with van der Waals surface area (Å²) in [4.78, 5) is 2.44. The first-order valence-corrected chi connectivity index (χ1v) is 9.53. The fourth-order valence-corrected chi connectivity index (χ4v) is 3.18. The minimum Gasteiger partial charge on any atom is -0.497 e. The zero-order valence-electron chi connectivity index (χ0n) is 16.2. The predicted octanol–water partition coefficient (Wildman–Crippen LogP) is 4.16. The second-order valence-electron chi connectivity index (χ2n) is 6.69. The molecule has 0 spiro atoms. The maximum atomic E-state index is 5.67. The molecule has 7 nitrogen and oxygen atoms in total. The third-order valence-corrected chi connectivity index (χ3v) is 4.72. The molecule has 0 saturated heterocycles. The Morgan fingerprint density at radius 2 is 1.86 bits per heavy atom. The highest BCUT2D eigenvalue weighted by Gasteiger charge is 2.11. The predicted molar refractivity (Wildman–Crippen MR) is 112 cm³/mol. The summed E-state index contributed by atoms with van der Waals surface area (Å²) in [7, 11) is 3.64. The standard InChI is InChI=1S/C21H21N5O2S/c1-24(13-16-12-22-25(14-16)18-6-4-3-5-7-18)15-26-21(29)28-20(23-26)17-8-10-19(27-2)11-9-17/h3-12,14H,13,15H2,1-2H3. The fourth-order valence-electron chi connectivity index (χ4n) is 3.00. The Bertz CT molecular complexity index is 1130. The van der Waals surface area contributed by atoms with Crippen LogP contribution in [0.2, 0.25) is 0 Å². The van der Waals surface area contributed by atoms with Crippen LogP contribution in [0.25, 0.3) is 17.1 Å². The monoisotopic (exact) mass is 407 g/mol. The van der Waals surface area contributed by atoms with E-state index >= 15 is 0 Å². The van der Waals surface area contributed by atoms with Gasteiger partial charge < -0.3 is 9.15 Å². The summed E-state index contributed by atoms with van der Waals surface area (Å²) in [6, 6.07) is 17.5. The van der Waals surface area contributed by atoms with Gasteiger partial charge in [0.2, 0.25) is 5.89 Å². The molecule has 0 saturated carbocycles. The van der Waals surface area contributed by atoms with Gasteiger partial charge in [-0.25, -0.2) is 9.36 Å². The summed E-state index contributed by atoms with van der Waals surface area (Å²) in [5.74, 6) is 1.27. The fraction of sp³-hybridized carbons (Fsp3) is 0.190. The van der Waals surface area contributed by atoms with Crippen molar-refractivity contribution in [3.05, 3.63) is 77.4 Å². The second kappa shape index (κ2) is 8.42. The number of aromatic nitrogens is 4. The van der Waals surface area contributed by atoms with Gasteiger partial charge in [0, 0.05) is 23.9 Å². The Kier molecular flexibility index (Phi) is 5.55. The van der Waals surface area contributed by atoms with Crippen molar-refractivity contribution in [1.82, 2.24) is 24.5 Å². The van der Waals surface area contributed by atoms with Crippen molar-refractivity contribution in [2.45, 2.75) is 13.2 Å². The minimum absolute atomic E-state index is 0.336. The van der Waals surface area contributed by atoms with E-state index < -0.39 is 0 Å². The molecule has 2 aromatic carbocycles. The summed E-state index contributed by atoms with van der Waals surface area (Å²) in [6.07, 6.45) is 3.89. The van der Waals surface area contributed by atoms with Crippen LogP contribution < -0.4 is 4.74 Å². The normalized spacial score (nSPS) is 11.1. The van der Waals surface area contributed by atoms with Crippen molar-refractivity contribution < 1.29 is 9.15 Å². The summed E-state index contributed by atoms with van der Waals surface area (Å²) in [5, 5.41) is 8.95. The van der Waals surface area contributed by atoms with E-state index in [1.54, 1.807) is 11.8 Å². The number of benzene rings is 2. The highest BCUT2D eigenvalue weighted by atomic mass is 32.1. The maximum absolute atomic E-state index is 5.67. The Labute approximate surface area is 173 Å². The smallest absolute Gasteiger partial charge is 0.288 e. The van der Waals surface area contributed by atoms with Crippen LogP contribution in [-0.2, 0) is 13.2 Å². The van der Waals surface area contributed by atoms with Gasteiger partial charge in [-0.05, 0) is 55.7 Å². The molecule has 0 aliphatic rings. The Hall–Kier alpha value is -3.23. The molecule has 0 bridgehead atoms. The summed E-state index contributed by atoms with van der Waals surface area (Å²) >= 11 is 5.34. The summed E-state index contributed by atoms with van der Waals surface area (Å²) in [5.41, 5.74) is 2.98. The molecule has 4 aromatic rings. The number of rotatable bonds is 7. The third kappa shape index (κ3) is 4.44. The zero-order chi connectivity index (χ0) is 20.2. The summed E-state index contributed by atoms with van der Waals surface area (Å²) < 4.78 is 14.4. The number of nitrogens with zero attached hydrogens (tertiary/aromatic N) is 5. The lowest BCUT2D eigenvalue weighted by Crippen LogP contribution is -2.22. The van der Waals surface area contributed by atoms with Gasteiger partial charge >= 0.3 is 0 Å². The quantitative estimate of drug-likeness (QED) is 0.429. The first kappa shape index (κ1) is 19.1. The molecule has 8 heteroatoms. The van der Waals surface area contributed by atoms with E-state index in [9.17, 15) is 0 Å². The van der Waals surface area contributed by atoms with Gasteiger partial charge in [-0.2, -0.15) is 5.10 Å². The zero-order valence-corrected chi connectivity index (χ0v) is 17.0. The number of ether oxygens (including phenoxy) is 1. The van der Waals surface area contributed by atoms with Gasteiger partial charge in [0.25, 0.3) is 4.84 Å². The van der Waals surface area contributed by atoms with Gasteiger partial charge in [-0.3, -0.25) is 4.90 Å². The van der Waals surface area contributed by atoms with Crippen LogP contribution >= 0.6 is 12.2 Å². The molecule has 2 aromatic heterocycles. The van der Waals surface area contributed by atoms with Gasteiger partial charge in [0.1, 0.15) is 5.75 Å². The molecule has 0 aliphatic heterocycles.